The molecular weight excluding hydrogens is 276 g/mol. The third-order valence-electron chi connectivity index (χ3n) is 6.12. The third-order valence-corrected chi connectivity index (χ3v) is 6.12. The van der Waals surface area contributed by atoms with Crippen molar-refractivity contribution in [3.8, 4) is 0 Å². The maximum atomic E-state index is 11.7. The van der Waals surface area contributed by atoms with Crippen molar-refractivity contribution in [1.82, 2.24) is 10.2 Å². The van der Waals surface area contributed by atoms with Crippen LogP contribution < -0.4 is 5.32 Å². The minimum absolute atomic E-state index is 0.0206. The maximum Gasteiger partial charge on any atom is 0.407 e. The van der Waals surface area contributed by atoms with E-state index in [2.05, 4.69) is 51.8 Å². The van der Waals surface area contributed by atoms with Crippen molar-refractivity contribution in [3.63, 3.8) is 0 Å². The number of nitrogens with one attached hydrogen (secondary N) is 1. The predicted octanol–water partition coefficient (Wildman–Crippen LogP) is 4.19. The second kappa shape index (κ2) is 7.67. The molecule has 1 heterocycles. The van der Waals surface area contributed by atoms with Crippen LogP contribution in [0.4, 0.5) is 4.79 Å². The molecule has 0 aromatic carbocycles. The standard InChI is InChI=1S/C18H36N2O2/c1-8-11-12-20-17(5,9-2)13-15(22-16(21)19-7)14(4)18(20,6)10-3/h14-15H,8-13H2,1-7H3,(H,19,21). The number of hydrogen-bond donors (Lipinski definition) is 1. The topological polar surface area (TPSA) is 41.6 Å². The number of likely N-dealkylation sites (tertiary alicyclic amines) is 1. The van der Waals surface area contributed by atoms with Gasteiger partial charge in [0.1, 0.15) is 6.10 Å². The molecule has 1 aliphatic rings. The van der Waals surface area contributed by atoms with Crippen LogP contribution in [0.1, 0.15) is 73.6 Å². The largest absolute Gasteiger partial charge is 0.446 e. The number of rotatable bonds is 6. The van der Waals surface area contributed by atoms with Gasteiger partial charge in [-0.05, 0) is 39.7 Å². The molecule has 0 radical (unpaired) electrons. The summed E-state index contributed by atoms with van der Waals surface area (Å²) >= 11 is 0. The van der Waals surface area contributed by atoms with E-state index in [0.717, 1.165) is 25.8 Å². The van der Waals surface area contributed by atoms with E-state index in [1.165, 1.54) is 12.8 Å². The number of alkyl carbamates (subject to hydrolysis) is 1. The first kappa shape index (κ1) is 19.3. The second-order valence-corrected chi connectivity index (χ2v) is 7.25. The Morgan fingerprint density at radius 1 is 1.27 bits per heavy atom. The third kappa shape index (κ3) is 3.58. The van der Waals surface area contributed by atoms with Crippen LogP contribution in [-0.2, 0) is 4.74 Å². The summed E-state index contributed by atoms with van der Waals surface area (Å²) in [4.78, 5) is 14.4. The number of nitrogens with zero attached hydrogens (tertiary/aromatic N) is 1. The lowest BCUT2D eigenvalue weighted by molar-refractivity contribution is -0.137. The van der Waals surface area contributed by atoms with E-state index in [-0.39, 0.29) is 23.3 Å². The zero-order valence-corrected chi connectivity index (χ0v) is 15.7. The monoisotopic (exact) mass is 312 g/mol. The molecule has 4 heteroatoms. The highest BCUT2D eigenvalue weighted by Gasteiger charge is 2.53. The Hall–Kier alpha value is -0.770. The highest BCUT2D eigenvalue weighted by Crippen LogP contribution is 2.46. The molecule has 0 bridgehead atoms. The fourth-order valence-electron chi connectivity index (χ4n) is 4.01. The molecule has 0 aliphatic carbocycles. The predicted molar refractivity (Wildman–Crippen MR) is 92.1 cm³/mol. The van der Waals surface area contributed by atoms with Crippen LogP contribution in [0.2, 0.25) is 0 Å². The number of amides is 1. The van der Waals surface area contributed by atoms with Crippen molar-refractivity contribution in [1.29, 1.82) is 0 Å². The molecule has 1 saturated heterocycles. The van der Waals surface area contributed by atoms with Crippen molar-refractivity contribution in [3.05, 3.63) is 0 Å². The average Bonchev–Trinajstić information content (AvgIpc) is 2.52. The van der Waals surface area contributed by atoms with Crippen molar-refractivity contribution in [2.75, 3.05) is 13.6 Å². The lowest BCUT2D eigenvalue weighted by Crippen LogP contribution is -2.68. The molecule has 1 N–H and O–H groups in total. The van der Waals surface area contributed by atoms with Crippen LogP contribution in [0.5, 0.6) is 0 Å². The normalized spacial score (nSPS) is 36.1. The zero-order chi connectivity index (χ0) is 17.0. The van der Waals surface area contributed by atoms with Gasteiger partial charge in [0.05, 0.1) is 0 Å². The van der Waals surface area contributed by atoms with E-state index >= 15 is 0 Å². The van der Waals surface area contributed by atoms with Gasteiger partial charge in [-0.15, -0.1) is 0 Å². The Morgan fingerprint density at radius 2 is 1.91 bits per heavy atom. The van der Waals surface area contributed by atoms with E-state index in [0.29, 0.717) is 5.92 Å². The Labute approximate surface area is 137 Å². The van der Waals surface area contributed by atoms with E-state index in [1.807, 2.05) is 0 Å². The van der Waals surface area contributed by atoms with Gasteiger partial charge in [-0.3, -0.25) is 4.90 Å². The van der Waals surface area contributed by atoms with Crippen molar-refractivity contribution in [2.45, 2.75) is 90.8 Å². The van der Waals surface area contributed by atoms with E-state index < -0.39 is 0 Å². The lowest BCUT2D eigenvalue weighted by Gasteiger charge is -2.60. The molecule has 0 aromatic heterocycles. The summed E-state index contributed by atoms with van der Waals surface area (Å²) < 4.78 is 5.72. The quantitative estimate of drug-likeness (QED) is 0.799. The first-order chi connectivity index (χ1) is 10.3. The number of hydrogen-bond acceptors (Lipinski definition) is 3. The number of unbranched alkanes of at least 4 members (excludes halogenated alkanes) is 1. The molecular formula is C18H36N2O2. The molecule has 4 nitrogen and oxygen atoms in total. The molecule has 0 saturated carbocycles. The molecule has 1 amide bonds. The fraction of sp³-hybridized carbons (Fsp3) is 0.944. The summed E-state index contributed by atoms with van der Waals surface area (Å²) in [5.74, 6) is 0.325. The minimum atomic E-state index is -0.309. The number of carbonyl (C=O) groups excluding carboxylic acids is 1. The maximum absolute atomic E-state index is 11.7. The van der Waals surface area contributed by atoms with Gasteiger partial charge in [-0.1, -0.05) is 34.1 Å². The Bertz CT molecular complexity index is 374. The van der Waals surface area contributed by atoms with Gasteiger partial charge in [-0.2, -0.15) is 0 Å². The van der Waals surface area contributed by atoms with Crippen molar-refractivity contribution < 1.29 is 9.53 Å². The second-order valence-electron chi connectivity index (χ2n) is 7.25. The van der Waals surface area contributed by atoms with E-state index in [1.54, 1.807) is 7.05 Å². The molecule has 0 spiro atoms. The smallest absolute Gasteiger partial charge is 0.407 e. The van der Waals surface area contributed by atoms with E-state index in [4.69, 9.17) is 4.74 Å². The number of carbonyl (C=O) groups is 1. The van der Waals surface area contributed by atoms with E-state index in [9.17, 15) is 4.79 Å². The highest BCUT2D eigenvalue weighted by molar-refractivity contribution is 5.66. The summed E-state index contributed by atoms with van der Waals surface area (Å²) in [6.07, 6.45) is 5.16. The van der Waals surface area contributed by atoms with Crippen LogP contribution in [0.3, 0.4) is 0 Å². The average molecular weight is 312 g/mol. The number of piperidine rings is 1. The summed E-state index contributed by atoms with van der Waals surface area (Å²) in [7, 11) is 1.63. The van der Waals surface area contributed by atoms with Crippen molar-refractivity contribution in [2.24, 2.45) is 5.92 Å². The van der Waals surface area contributed by atoms with Crippen LogP contribution in [-0.4, -0.2) is 41.8 Å². The van der Waals surface area contributed by atoms with Crippen LogP contribution in [0.25, 0.3) is 0 Å². The fourth-order valence-corrected chi connectivity index (χ4v) is 4.01. The summed E-state index contributed by atoms with van der Waals surface area (Å²) in [6.45, 7) is 14.8. The van der Waals surface area contributed by atoms with Crippen LogP contribution in [0, 0.1) is 5.92 Å². The van der Waals surface area contributed by atoms with Gasteiger partial charge < -0.3 is 10.1 Å². The molecule has 1 fully saturated rings. The lowest BCUT2D eigenvalue weighted by atomic mass is 9.67. The SMILES string of the molecule is CCCCN1C(C)(CC)CC(OC(=O)NC)C(C)C1(C)CC. The Kier molecular flexibility index (Phi) is 6.72. The van der Waals surface area contributed by atoms with Gasteiger partial charge in [0, 0.05) is 30.5 Å². The number of ether oxygens (including phenoxy) is 1. The molecule has 130 valence electrons. The molecule has 22 heavy (non-hydrogen) atoms. The summed E-state index contributed by atoms with van der Waals surface area (Å²) in [5, 5.41) is 2.59. The molecule has 4 atom stereocenters. The van der Waals surface area contributed by atoms with Gasteiger partial charge in [0.15, 0.2) is 0 Å². The first-order valence-electron chi connectivity index (χ1n) is 8.95. The van der Waals surface area contributed by atoms with Crippen LogP contribution in [0.15, 0.2) is 0 Å². The molecule has 1 aliphatic heterocycles. The summed E-state index contributed by atoms with van der Waals surface area (Å²) in [6, 6.07) is 0. The van der Waals surface area contributed by atoms with Gasteiger partial charge in [0.2, 0.25) is 0 Å². The minimum Gasteiger partial charge on any atom is -0.446 e. The van der Waals surface area contributed by atoms with Gasteiger partial charge >= 0.3 is 6.09 Å². The molecule has 0 aromatic rings. The molecule has 4 unspecified atom stereocenters. The Morgan fingerprint density at radius 3 is 2.36 bits per heavy atom. The zero-order valence-electron chi connectivity index (χ0n) is 15.7. The highest BCUT2D eigenvalue weighted by atomic mass is 16.6. The first-order valence-corrected chi connectivity index (χ1v) is 8.95. The van der Waals surface area contributed by atoms with Crippen molar-refractivity contribution >= 4 is 6.09 Å². The van der Waals surface area contributed by atoms with Crippen LogP contribution >= 0.6 is 0 Å². The van der Waals surface area contributed by atoms with Gasteiger partial charge in [-0.25, -0.2) is 4.79 Å². The Balaban J connectivity index is 3.12. The summed E-state index contributed by atoms with van der Waals surface area (Å²) in [5.41, 5.74) is 0.155. The van der Waals surface area contributed by atoms with Gasteiger partial charge in [0.25, 0.3) is 0 Å². The molecule has 1 rings (SSSR count).